The summed E-state index contributed by atoms with van der Waals surface area (Å²) in [5, 5.41) is 0. The molecule has 0 aromatic carbocycles. The zero-order chi connectivity index (χ0) is 16.4. The van der Waals surface area contributed by atoms with E-state index < -0.39 is 17.6 Å². The molecule has 0 aromatic heterocycles. The maximum absolute atomic E-state index is 5.47. The third-order valence-corrected chi connectivity index (χ3v) is 9.58. The molecule has 8 heteroatoms. The first-order chi connectivity index (χ1) is 9.97. The molecule has 21 heavy (non-hydrogen) atoms. The second kappa shape index (κ2) is 10.8. The van der Waals surface area contributed by atoms with Crippen molar-refractivity contribution >= 4 is 17.6 Å². The fourth-order valence-electron chi connectivity index (χ4n) is 2.46. The van der Waals surface area contributed by atoms with Gasteiger partial charge in [-0.2, -0.15) is 0 Å². The summed E-state index contributed by atoms with van der Waals surface area (Å²) in [5.41, 5.74) is 0.515. The maximum Gasteiger partial charge on any atom is 0.503 e. The third-order valence-electron chi connectivity index (χ3n) is 4.07. The van der Waals surface area contributed by atoms with E-state index >= 15 is 0 Å². The van der Waals surface area contributed by atoms with E-state index in [0.29, 0.717) is 5.54 Å². The zero-order valence-corrected chi connectivity index (χ0v) is 16.6. The Bertz CT molecular complexity index is 237. The Morgan fingerprint density at radius 1 is 0.619 bits per heavy atom. The number of rotatable bonds is 7. The summed E-state index contributed by atoms with van der Waals surface area (Å²) in [6, 6.07) is 0. The van der Waals surface area contributed by atoms with Crippen LogP contribution in [0.1, 0.15) is 32.1 Å². The molecular formula is C13H32O6Si2. The Kier molecular flexibility index (Phi) is 10.9. The highest BCUT2D eigenvalue weighted by Gasteiger charge is 2.47. The van der Waals surface area contributed by atoms with E-state index in [1.54, 1.807) is 42.7 Å². The minimum absolute atomic E-state index is 0.515. The summed E-state index contributed by atoms with van der Waals surface area (Å²) in [5.74, 6) is 0. The summed E-state index contributed by atoms with van der Waals surface area (Å²) < 4.78 is 31.2. The lowest BCUT2D eigenvalue weighted by Crippen LogP contribution is -2.48. The van der Waals surface area contributed by atoms with Gasteiger partial charge in [0, 0.05) is 54.7 Å². The van der Waals surface area contributed by atoms with E-state index in [2.05, 4.69) is 0 Å². The van der Waals surface area contributed by atoms with Crippen LogP contribution in [0.3, 0.4) is 0 Å². The van der Waals surface area contributed by atoms with Gasteiger partial charge in [-0.15, -0.1) is 0 Å². The number of hydrogen-bond donors (Lipinski definition) is 0. The Labute approximate surface area is 131 Å². The molecule has 0 heterocycles. The SMILES string of the molecule is CO[Si](C)(OC)OC.CO[Si](OC)(OC)C1CCCCC1. The summed E-state index contributed by atoms with van der Waals surface area (Å²) >= 11 is 0. The molecule has 1 fully saturated rings. The van der Waals surface area contributed by atoms with E-state index in [-0.39, 0.29) is 0 Å². The van der Waals surface area contributed by atoms with Crippen molar-refractivity contribution in [3.05, 3.63) is 0 Å². The Balaban J connectivity index is 0.000000433. The van der Waals surface area contributed by atoms with E-state index in [0.717, 1.165) is 0 Å². The smallest absolute Gasteiger partial charge is 0.377 e. The third kappa shape index (κ3) is 6.45. The Morgan fingerprint density at radius 2 is 1.00 bits per heavy atom. The molecule has 0 radical (unpaired) electrons. The van der Waals surface area contributed by atoms with Crippen molar-refractivity contribution in [2.24, 2.45) is 0 Å². The molecule has 0 aromatic rings. The van der Waals surface area contributed by atoms with Gasteiger partial charge in [0.15, 0.2) is 0 Å². The largest absolute Gasteiger partial charge is 0.503 e. The van der Waals surface area contributed by atoms with Crippen LogP contribution in [-0.4, -0.2) is 60.3 Å². The van der Waals surface area contributed by atoms with Gasteiger partial charge in [-0.25, -0.2) is 0 Å². The highest BCUT2D eigenvalue weighted by atomic mass is 28.4. The molecule has 1 aliphatic rings. The quantitative estimate of drug-likeness (QED) is 0.664. The van der Waals surface area contributed by atoms with Gasteiger partial charge in [-0.1, -0.05) is 19.3 Å². The lowest BCUT2D eigenvalue weighted by molar-refractivity contribution is 0.104. The average molecular weight is 341 g/mol. The van der Waals surface area contributed by atoms with E-state index in [9.17, 15) is 0 Å². The lowest BCUT2D eigenvalue weighted by Gasteiger charge is -2.34. The molecule has 0 N–H and O–H groups in total. The van der Waals surface area contributed by atoms with Gasteiger partial charge >= 0.3 is 17.6 Å². The molecule has 0 aliphatic heterocycles. The van der Waals surface area contributed by atoms with Gasteiger partial charge in [-0.3, -0.25) is 0 Å². The fraction of sp³-hybridized carbons (Fsp3) is 1.00. The molecule has 0 bridgehead atoms. The summed E-state index contributed by atoms with van der Waals surface area (Å²) in [7, 11) is 5.37. The van der Waals surface area contributed by atoms with Crippen LogP contribution in [0.4, 0.5) is 0 Å². The van der Waals surface area contributed by atoms with Crippen molar-refractivity contribution in [2.75, 3.05) is 42.7 Å². The monoisotopic (exact) mass is 340 g/mol. The van der Waals surface area contributed by atoms with Gasteiger partial charge in [0.25, 0.3) is 0 Å². The first kappa shape index (κ1) is 21.2. The standard InChI is InChI=1S/C9H20O3Si.C4H12O3Si/c1-10-13(11-2,12-3)9-7-5-4-6-8-9;1-5-8(4,6-2)7-3/h9H,4-8H2,1-3H3;1-4H3. The Morgan fingerprint density at radius 3 is 1.24 bits per heavy atom. The topological polar surface area (TPSA) is 55.4 Å². The fourth-order valence-corrected chi connectivity index (χ4v) is 5.57. The van der Waals surface area contributed by atoms with Gasteiger partial charge in [0.05, 0.1) is 0 Å². The maximum atomic E-state index is 5.47. The molecule has 0 spiro atoms. The highest BCUT2D eigenvalue weighted by Crippen LogP contribution is 2.37. The molecule has 6 nitrogen and oxygen atoms in total. The van der Waals surface area contributed by atoms with Crippen LogP contribution in [0.15, 0.2) is 0 Å². The average Bonchev–Trinajstić information content (AvgIpc) is 2.58. The van der Waals surface area contributed by atoms with Crippen LogP contribution in [0, 0.1) is 0 Å². The van der Waals surface area contributed by atoms with Crippen molar-refractivity contribution in [1.29, 1.82) is 0 Å². The Hall–Kier alpha value is 0.194. The van der Waals surface area contributed by atoms with Crippen molar-refractivity contribution < 1.29 is 26.6 Å². The summed E-state index contributed by atoms with van der Waals surface area (Å²) in [6.07, 6.45) is 6.31. The molecular weight excluding hydrogens is 308 g/mol. The van der Waals surface area contributed by atoms with Crippen LogP contribution in [0.5, 0.6) is 0 Å². The zero-order valence-electron chi connectivity index (χ0n) is 14.6. The molecule has 128 valence electrons. The molecule has 0 amide bonds. The second-order valence-electron chi connectivity index (χ2n) is 5.03. The van der Waals surface area contributed by atoms with Gasteiger partial charge in [0.2, 0.25) is 0 Å². The van der Waals surface area contributed by atoms with Crippen LogP contribution in [0.2, 0.25) is 12.1 Å². The predicted molar refractivity (Wildman–Crippen MR) is 86.3 cm³/mol. The minimum atomic E-state index is -2.32. The van der Waals surface area contributed by atoms with Gasteiger partial charge in [0.1, 0.15) is 0 Å². The predicted octanol–water partition coefficient (Wildman–Crippen LogP) is 2.69. The normalized spacial score (nSPS) is 17.3. The van der Waals surface area contributed by atoms with Crippen molar-refractivity contribution in [1.82, 2.24) is 0 Å². The highest BCUT2D eigenvalue weighted by molar-refractivity contribution is 6.62. The van der Waals surface area contributed by atoms with Crippen LogP contribution >= 0.6 is 0 Å². The minimum Gasteiger partial charge on any atom is -0.377 e. The summed E-state index contributed by atoms with van der Waals surface area (Å²) in [6.45, 7) is 1.83. The lowest BCUT2D eigenvalue weighted by atomic mass is 10.0. The molecule has 1 aliphatic carbocycles. The van der Waals surface area contributed by atoms with Gasteiger partial charge < -0.3 is 26.6 Å². The molecule has 1 rings (SSSR count). The van der Waals surface area contributed by atoms with Crippen LogP contribution in [-0.2, 0) is 26.6 Å². The van der Waals surface area contributed by atoms with Crippen LogP contribution in [0.25, 0.3) is 0 Å². The molecule has 0 atom stereocenters. The first-order valence-corrected chi connectivity index (χ1v) is 11.3. The van der Waals surface area contributed by atoms with E-state index in [1.807, 2.05) is 6.55 Å². The van der Waals surface area contributed by atoms with Gasteiger partial charge in [-0.05, 0) is 12.8 Å². The van der Waals surface area contributed by atoms with Crippen molar-refractivity contribution in [2.45, 2.75) is 44.2 Å². The van der Waals surface area contributed by atoms with Crippen molar-refractivity contribution in [3.8, 4) is 0 Å². The van der Waals surface area contributed by atoms with Crippen molar-refractivity contribution in [3.63, 3.8) is 0 Å². The summed E-state index contributed by atoms with van der Waals surface area (Å²) in [4.78, 5) is 0. The molecule has 0 saturated heterocycles. The van der Waals surface area contributed by atoms with E-state index in [4.69, 9.17) is 26.6 Å². The molecule has 0 unspecified atom stereocenters. The van der Waals surface area contributed by atoms with E-state index in [1.165, 1.54) is 32.1 Å². The molecule has 1 saturated carbocycles. The second-order valence-corrected chi connectivity index (χ2v) is 11.2. The first-order valence-electron chi connectivity index (χ1n) is 7.28. The number of hydrogen-bond acceptors (Lipinski definition) is 6. The van der Waals surface area contributed by atoms with Crippen LogP contribution < -0.4 is 0 Å².